The molecule has 2 heterocycles. The number of aromatic nitrogens is 2. The molecule has 0 N–H and O–H groups in total. The van der Waals surface area contributed by atoms with Crippen LogP contribution in [0.1, 0.15) is 23.4 Å². The molecule has 17 heavy (non-hydrogen) atoms. The zero-order valence-corrected chi connectivity index (χ0v) is 10.5. The lowest BCUT2D eigenvalue weighted by atomic mass is 10.2. The Morgan fingerprint density at radius 2 is 2.29 bits per heavy atom. The number of anilines is 1. The number of hydrogen-bond donors (Lipinski definition) is 0. The van der Waals surface area contributed by atoms with Crippen LogP contribution in [0.25, 0.3) is 0 Å². The highest BCUT2D eigenvalue weighted by atomic mass is 32.1. The van der Waals surface area contributed by atoms with E-state index in [4.69, 9.17) is 5.26 Å². The SMILES string of the molecule is CC(c1cccs1)N(C)c1nnccc1C#N. The van der Waals surface area contributed by atoms with Crippen molar-refractivity contribution < 1.29 is 0 Å². The molecule has 0 radical (unpaired) electrons. The number of thiophene rings is 1. The fourth-order valence-corrected chi connectivity index (χ4v) is 2.40. The highest BCUT2D eigenvalue weighted by molar-refractivity contribution is 7.10. The van der Waals surface area contributed by atoms with Gasteiger partial charge in [0.1, 0.15) is 6.07 Å². The standard InChI is InChI=1S/C12H12N4S/c1-9(11-4-3-7-17-11)16(2)12-10(8-13)5-6-14-15-12/h3-7,9H,1-2H3. The summed E-state index contributed by atoms with van der Waals surface area (Å²) < 4.78 is 0. The molecule has 1 atom stereocenters. The molecule has 5 heteroatoms. The number of hydrogen-bond acceptors (Lipinski definition) is 5. The Labute approximate surface area is 104 Å². The van der Waals surface area contributed by atoms with E-state index in [1.165, 1.54) is 11.1 Å². The monoisotopic (exact) mass is 244 g/mol. The lowest BCUT2D eigenvalue weighted by Crippen LogP contribution is -2.23. The lowest BCUT2D eigenvalue weighted by Gasteiger charge is -2.25. The minimum absolute atomic E-state index is 0.179. The molecule has 0 aliphatic heterocycles. The third-order valence-electron chi connectivity index (χ3n) is 2.69. The summed E-state index contributed by atoms with van der Waals surface area (Å²) in [7, 11) is 1.93. The Kier molecular flexibility index (Phi) is 3.35. The fourth-order valence-electron chi connectivity index (χ4n) is 1.58. The van der Waals surface area contributed by atoms with Crippen LogP contribution in [0, 0.1) is 11.3 Å². The van der Waals surface area contributed by atoms with Crippen molar-refractivity contribution in [3.63, 3.8) is 0 Å². The molecule has 0 amide bonds. The first-order chi connectivity index (χ1) is 8.24. The maximum absolute atomic E-state index is 9.04. The Hall–Kier alpha value is -1.93. The van der Waals surface area contributed by atoms with Crippen LogP contribution >= 0.6 is 11.3 Å². The van der Waals surface area contributed by atoms with Crippen molar-refractivity contribution >= 4 is 17.2 Å². The molecule has 0 aliphatic rings. The zero-order valence-electron chi connectivity index (χ0n) is 9.66. The van der Waals surface area contributed by atoms with Crippen LogP contribution in [-0.4, -0.2) is 17.2 Å². The van der Waals surface area contributed by atoms with Crippen molar-refractivity contribution in [3.8, 4) is 6.07 Å². The van der Waals surface area contributed by atoms with Gasteiger partial charge in [-0.1, -0.05) is 6.07 Å². The summed E-state index contributed by atoms with van der Waals surface area (Å²) in [5.41, 5.74) is 0.547. The smallest absolute Gasteiger partial charge is 0.169 e. The molecule has 0 aliphatic carbocycles. The molecular formula is C12H12N4S. The van der Waals surface area contributed by atoms with Crippen molar-refractivity contribution in [2.24, 2.45) is 0 Å². The number of nitriles is 1. The van der Waals surface area contributed by atoms with Gasteiger partial charge in [0.15, 0.2) is 5.82 Å². The van der Waals surface area contributed by atoms with Gasteiger partial charge < -0.3 is 4.90 Å². The van der Waals surface area contributed by atoms with Gasteiger partial charge in [-0.25, -0.2) is 0 Å². The van der Waals surface area contributed by atoms with Crippen LogP contribution < -0.4 is 4.90 Å². The van der Waals surface area contributed by atoms with Gasteiger partial charge in [0.2, 0.25) is 0 Å². The highest BCUT2D eigenvalue weighted by Gasteiger charge is 2.17. The molecule has 0 aromatic carbocycles. The van der Waals surface area contributed by atoms with Crippen LogP contribution in [0.15, 0.2) is 29.8 Å². The molecule has 0 bridgehead atoms. The van der Waals surface area contributed by atoms with Gasteiger partial charge in [0.25, 0.3) is 0 Å². The van der Waals surface area contributed by atoms with Gasteiger partial charge in [-0.3, -0.25) is 0 Å². The quantitative estimate of drug-likeness (QED) is 0.832. The average molecular weight is 244 g/mol. The van der Waals surface area contributed by atoms with Crippen LogP contribution in [0.4, 0.5) is 5.82 Å². The van der Waals surface area contributed by atoms with E-state index >= 15 is 0 Å². The summed E-state index contributed by atoms with van der Waals surface area (Å²) in [6.07, 6.45) is 1.53. The largest absolute Gasteiger partial charge is 0.350 e. The summed E-state index contributed by atoms with van der Waals surface area (Å²) in [5, 5.41) is 19.0. The van der Waals surface area contributed by atoms with Gasteiger partial charge >= 0.3 is 0 Å². The fraction of sp³-hybridized carbons (Fsp3) is 0.250. The van der Waals surface area contributed by atoms with Gasteiger partial charge in [-0.2, -0.15) is 10.4 Å². The van der Waals surface area contributed by atoms with Gasteiger partial charge in [0, 0.05) is 11.9 Å². The molecule has 2 aromatic rings. The van der Waals surface area contributed by atoms with E-state index in [0.717, 1.165) is 0 Å². The minimum Gasteiger partial charge on any atom is -0.350 e. The van der Waals surface area contributed by atoms with Crippen LogP contribution in [0.5, 0.6) is 0 Å². The van der Waals surface area contributed by atoms with E-state index in [9.17, 15) is 0 Å². The maximum Gasteiger partial charge on any atom is 0.169 e. The molecule has 86 valence electrons. The van der Waals surface area contributed by atoms with E-state index in [2.05, 4.69) is 29.3 Å². The zero-order chi connectivity index (χ0) is 12.3. The van der Waals surface area contributed by atoms with Gasteiger partial charge in [0.05, 0.1) is 17.8 Å². The normalized spacial score (nSPS) is 11.8. The number of rotatable bonds is 3. The molecule has 0 saturated carbocycles. The predicted octanol–water partition coefficient (Wildman–Crippen LogP) is 2.61. The molecule has 4 nitrogen and oxygen atoms in total. The summed E-state index contributed by atoms with van der Waals surface area (Å²) in [6, 6.07) is 8.09. The second kappa shape index (κ2) is 4.93. The summed E-state index contributed by atoms with van der Waals surface area (Å²) in [5.74, 6) is 0.621. The molecular weight excluding hydrogens is 232 g/mol. The van der Waals surface area contributed by atoms with E-state index in [1.54, 1.807) is 17.4 Å². The molecule has 0 saturated heterocycles. The Bertz CT molecular complexity index is 530. The maximum atomic E-state index is 9.04. The Morgan fingerprint density at radius 3 is 2.94 bits per heavy atom. The van der Waals surface area contributed by atoms with Crippen LogP contribution in [0.2, 0.25) is 0 Å². The van der Waals surface area contributed by atoms with Crippen LogP contribution in [0.3, 0.4) is 0 Å². The summed E-state index contributed by atoms with van der Waals surface area (Å²) >= 11 is 1.69. The van der Waals surface area contributed by atoms with E-state index in [-0.39, 0.29) is 6.04 Å². The Morgan fingerprint density at radius 1 is 1.47 bits per heavy atom. The Balaban J connectivity index is 2.31. The van der Waals surface area contributed by atoms with Crippen LogP contribution in [-0.2, 0) is 0 Å². The van der Waals surface area contributed by atoms with E-state index < -0.39 is 0 Å². The lowest BCUT2D eigenvalue weighted by molar-refractivity contribution is 0.731. The van der Waals surface area contributed by atoms with Crippen molar-refractivity contribution in [1.82, 2.24) is 10.2 Å². The van der Waals surface area contributed by atoms with Gasteiger partial charge in [-0.15, -0.1) is 16.4 Å². The second-order valence-electron chi connectivity index (χ2n) is 3.68. The summed E-state index contributed by atoms with van der Waals surface area (Å²) in [4.78, 5) is 3.21. The first-order valence-corrected chi connectivity index (χ1v) is 6.10. The molecule has 1 unspecified atom stereocenters. The first-order valence-electron chi connectivity index (χ1n) is 5.22. The summed E-state index contributed by atoms with van der Waals surface area (Å²) in [6.45, 7) is 2.08. The van der Waals surface area contributed by atoms with Crippen molar-refractivity contribution in [2.75, 3.05) is 11.9 Å². The van der Waals surface area contributed by atoms with Crippen molar-refractivity contribution in [3.05, 3.63) is 40.2 Å². The first kappa shape index (κ1) is 11.6. The van der Waals surface area contributed by atoms with E-state index in [1.807, 2.05) is 23.4 Å². The van der Waals surface area contributed by atoms with E-state index in [0.29, 0.717) is 11.4 Å². The third kappa shape index (κ3) is 2.27. The molecule has 0 spiro atoms. The highest BCUT2D eigenvalue weighted by Crippen LogP contribution is 2.28. The minimum atomic E-state index is 0.179. The molecule has 0 fully saturated rings. The van der Waals surface area contributed by atoms with Crippen molar-refractivity contribution in [2.45, 2.75) is 13.0 Å². The number of nitrogens with zero attached hydrogens (tertiary/aromatic N) is 4. The second-order valence-corrected chi connectivity index (χ2v) is 4.66. The topological polar surface area (TPSA) is 52.8 Å². The third-order valence-corrected chi connectivity index (χ3v) is 3.73. The molecule has 2 rings (SSSR count). The average Bonchev–Trinajstić information content (AvgIpc) is 2.90. The van der Waals surface area contributed by atoms with Gasteiger partial charge in [-0.05, 0) is 24.4 Å². The molecule has 2 aromatic heterocycles. The predicted molar refractivity (Wildman–Crippen MR) is 67.9 cm³/mol. The van der Waals surface area contributed by atoms with Crippen molar-refractivity contribution in [1.29, 1.82) is 5.26 Å².